The molecule has 4 rings (SSSR count). The highest BCUT2D eigenvalue weighted by atomic mass is 32.2. The normalized spacial score (nSPS) is 12.3. The van der Waals surface area contributed by atoms with Crippen LogP contribution in [0.25, 0.3) is 0 Å². The maximum atomic E-state index is 14.5. The number of benzene rings is 4. The van der Waals surface area contributed by atoms with Crippen molar-refractivity contribution in [2.45, 2.75) is 29.9 Å². The Labute approximate surface area is 253 Å². The minimum atomic E-state index is -1.08. The molecule has 0 aliphatic carbocycles. The molecule has 0 aliphatic rings. The smallest absolute Gasteiger partial charge is 0.412 e. The molecule has 0 bridgehead atoms. The Morgan fingerprint density at radius 1 is 0.977 bits per heavy atom. The van der Waals surface area contributed by atoms with E-state index in [9.17, 15) is 19.1 Å². The molecule has 0 fully saturated rings. The predicted octanol–water partition coefficient (Wildman–Crippen LogP) is 7.55. The van der Waals surface area contributed by atoms with Gasteiger partial charge in [-0.05, 0) is 91.4 Å². The van der Waals surface area contributed by atoms with Crippen LogP contribution in [-0.4, -0.2) is 29.5 Å². The number of allylic oxidation sites excluding steroid dienone is 1. The van der Waals surface area contributed by atoms with Crippen molar-refractivity contribution in [3.8, 4) is 11.5 Å². The highest BCUT2D eigenvalue weighted by Gasteiger charge is 2.30. The summed E-state index contributed by atoms with van der Waals surface area (Å²) < 4.78 is 26.6. The van der Waals surface area contributed by atoms with Crippen LogP contribution < -0.4 is 21.1 Å². The average molecular weight is 602 g/mol. The summed E-state index contributed by atoms with van der Waals surface area (Å²) >= 11 is 1.57. The fourth-order valence-corrected chi connectivity index (χ4v) is 4.59. The number of rotatable bonds is 12. The summed E-state index contributed by atoms with van der Waals surface area (Å²) in [6, 6.07) is 26.9. The second-order valence-corrected chi connectivity index (χ2v) is 10.3. The van der Waals surface area contributed by atoms with E-state index in [-0.39, 0.29) is 17.9 Å². The molecule has 222 valence electrons. The van der Waals surface area contributed by atoms with Gasteiger partial charge in [0.1, 0.15) is 11.9 Å². The van der Waals surface area contributed by atoms with Gasteiger partial charge in [0.05, 0.1) is 11.4 Å². The van der Waals surface area contributed by atoms with E-state index in [0.717, 1.165) is 11.0 Å². The Hall–Kier alpha value is -4.96. The number of nitrogens with one attached hydrogen (secondary N) is 2. The maximum absolute atomic E-state index is 14.5. The van der Waals surface area contributed by atoms with Gasteiger partial charge in [-0.1, -0.05) is 42.5 Å². The van der Waals surface area contributed by atoms with Crippen LogP contribution in [0.15, 0.2) is 114 Å². The molecule has 4 aromatic carbocycles. The summed E-state index contributed by atoms with van der Waals surface area (Å²) in [5.74, 6) is -1.25. The molecule has 0 saturated heterocycles. The van der Waals surface area contributed by atoms with Crippen LogP contribution >= 0.6 is 11.8 Å². The quantitative estimate of drug-likeness (QED) is 0.0751. The van der Waals surface area contributed by atoms with E-state index in [1.54, 1.807) is 78.5 Å². The zero-order valence-electron chi connectivity index (χ0n) is 23.4. The van der Waals surface area contributed by atoms with Gasteiger partial charge in [-0.2, -0.15) is 0 Å². The molecule has 0 radical (unpaired) electrons. The molecule has 5 N–H and O–H groups in total. The minimum Gasteiger partial charge on any atom is -0.505 e. The lowest BCUT2D eigenvalue weighted by molar-refractivity contribution is -0.111. The Kier molecular flexibility index (Phi) is 11.0. The number of aromatic hydroxyl groups is 1. The summed E-state index contributed by atoms with van der Waals surface area (Å²) in [5, 5.41) is 15.2. The topological polar surface area (TPSA) is 123 Å². The Morgan fingerprint density at radius 3 is 2.40 bits per heavy atom. The van der Waals surface area contributed by atoms with E-state index < -0.39 is 29.9 Å². The summed E-state index contributed by atoms with van der Waals surface area (Å²) in [6.07, 6.45) is 2.99. The van der Waals surface area contributed by atoms with E-state index in [2.05, 4.69) is 10.6 Å². The number of carbonyl (C=O) groups is 2. The molecule has 43 heavy (non-hydrogen) atoms. The Balaban J connectivity index is 1.54. The Morgan fingerprint density at radius 2 is 1.70 bits per heavy atom. The van der Waals surface area contributed by atoms with Crippen molar-refractivity contribution in [2.75, 3.05) is 22.6 Å². The van der Waals surface area contributed by atoms with Gasteiger partial charge >= 0.3 is 6.09 Å². The number of hydrogen-bond acceptors (Lipinski definition) is 7. The van der Waals surface area contributed by atoms with Crippen LogP contribution in [0.2, 0.25) is 0 Å². The lowest BCUT2D eigenvalue weighted by Crippen LogP contribution is -2.31. The van der Waals surface area contributed by atoms with E-state index in [0.29, 0.717) is 29.2 Å². The van der Waals surface area contributed by atoms with E-state index >= 15 is 0 Å². The van der Waals surface area contributed by atoms with E-state index in [1.165, 1.54) is 18.2 Å². The summed E-state index contributed by atoms with van der Waals surface area (Å²) in [5.41, 5.74) is 7.65. The van der Waals surface area contributed by atoms with Crippen molar-refractivity contribution < 1.29 is 28.6 Å². The maximum Gasteiger partial charge on any atom is 0.412 e. The van der Waals surface area contributed by atoms with E-state index in [1.807, 2.05) is 24.5 Å². The molecule has 4 aromatic rings. The monoisotopic (exact) mass is 601 g/mol. The second kappa shape index (κ2) is 15.3. The number of hydrogen-bond donors (Lipinski definition) is 4. The number of anilines is 3. The molecule has 0 aliphatic heterocycles. The second-order valence-electron chi connectivity index (χ2n) is 9.42. The molecule has 8 nitrogen and oxygen atoms in total. The van der Waals surface area contributed by atoms with Gasteiger partial charge < -0.3 is 25.6 Å². The van der Waals surface area contributed by atoms with Crippen molar-refractivity contribution in [1.82, 2.24) is 0 Å². The van der Waals surface area contributed by atoms with Gasteiger partial charge in [0.25, 0.3) is 0 Å². The molecular formula is C33H32FN3O5S. The molecule has 0 unspecified atom stereocenters. The number of nitrogen functional groups attached to an aromatic ring is 1. The Bertz CT molecular complexity index is 1550. The summed E-state index contributed by atoms with van der Waals surface area (Å²) in [7, 11) is 0. The third-order valence-electron chi connectivity index (χ3n) is 6.34. The molecule has 0 spiro atoms. The zero-order valence-corrected chi connectivity index (χ0v) is 24.2. The fraction of sp³-hybridized carbons (Fsp3) is 0.152. The van der Waals surface area contributed by atoms with Crippen molar-refractivity contribution >= 4 is 40.8 Å². The van der Waals surface area contributed by atoms with Crippen LogP contribution in [0.1, 0.15) is 24.5 Å². The van der Waals surface area contributed by atoms with Gasteiger partial charge in [-0.15, -0.1) is 11.8 Å². The van der Waals surface area contributed by atoms with Gasteiger partial charge in [0.15, 0.2) is 17.7 Å². The van der Waals surface area contributed by atoms with Crippen LogP contribution in [0, 0.1) is 5.82 Å². The lowest BCUT2D eigenvalue weighted by atomic mass is 9.99. The van der Waals surface area contributed by atoms with Crippen LogP contribution in [0.4, 0.5) is 26.2 Å². The molecule has 10 heteroatoms. The lowest BCUT2D eigenvalue weighted by Gasteiger charge is -2.28. The molecular weight excluding hydrogens is 569 g/mol. The van der Waals surface area contributed by atoms with Gasteiger partial charge in [0.2, 0.25) is 5.91 Å². The predicted molar refractivity (Wildman–Crippen MR) is 168 cm³/mol. The van der Waals surface area contributed by atoms with Crippen molar-refractivity contribution in [3.05, 3.63) is 121 Å². The molecule has 0 aromatic heterocycles. The highest BCUT2D eigenvalue weighted by molar-refractivity contribution is 7.98. The third kappa shape index (κ3) is 9.27. The third-order valence-corrected chi connectivity index (χ3v) is 7.09. The minimum absolute atomic E-state index is 0.283. The van der Waals surface area contributed by atoms with E-state index in [4.69, 9.17) is 15.2 Å². The zero-order chi connectivity index (χ0) is 30.6. The number of halogens is 1. The largest absolute Gasteiger partial charge is 0.505 e. The standard InChI is InChI=1S/C33H32FN3O5S/c1-43-25-18-16-23(17-19-25)36-33(40)42-32(22-15-20-29(38)26(34)21-22)30(41-24-9-3-2-4-10-24)13-7-8-14-31(39)37-28-12-6-5-11-27(28)35/h2-6,8-12,14-21,30,32,38H,7,13,35H2,1H3,(H,36,40)(H,37,39)/b14-8+/t30-,32-/m1/s1. The van der Waals surface area contributed by atoms with Gasteiger partial charge in [-0.3, -0.25) is 10.1 Å². The first-order valence-electron chi connectivity index (χ1n) is 13.5. The first-order chi connectivity index (χ1) is 20.8. The number of amides is 2. The number of phenolic OH excluding ortho intramolecular Hbond substituents is 1. The van der Waals surface area contributed by atoms with Crippen molar-refractivity contribution in [1.29, 1.82) is 0 Å². The van der Waals surface area contributed by atoms with Gasteiger partial charge in [-0.25, -0.2) is 9.18 Å². The number of para-hydroxylation sites is 3. The fourth-order valence-electron chi connectivity index (χ4n) is 4.18. The number of nitrogens with two attached hydrogens (primary N) is 1. The summed E-state index contributed by atoms with van der Waals surface area (Å²) in [4.78, 5) is 26.6. The van der Waals surface area contributed by atoms with Crippen LogP contribution in [-0.2, 0) is 9.53 Å². The molecule has 2 amide bonds. The molecule has 2 atom stereocenters. The molecule has 0 heterocycles. The average Bonchev–Trinajstić information content (AvgIpc) is 3.01. The number of phenols is 1. The highest BCUT2D eigenvalue weighted by Crippen LogP contribution is 2.31. The number of ether oxygens (including phenoxy) is 2. The van der Waals surface area contributed by atoms with Crippen LogP contribution in [0.3, 0.4) is 0 Å². The number of thioether (sulfide) groups is 1. The van der Waals surface area contributed by atoms with Crippen LogP contribution in [0.5, 0.6) is 11.5 Å². The first-order valence-corrected chi connectivity index (χ1v) is 14.7. The van der Waals surface area contributed by atoms with Crippen molar-refractivity contribution in [3.63, 3.8) is 0 Å². The van der Waals surface area contributed by atoms with Crippen molar-refractivity contribution in [2.24, 2.45) is 0 Å². The van der Waals surface area contributed by atoms with Gasteiger partial charge in [0, 0.05) is 10.6 Å². The summed E-state index contributed by atoms with van der Waals surface area (Å²) in [6.45, 7) is 0. The molecule has 0 saturated carbocycles. The first kappa shape index (κ1) is 31.0. The SMILES string of the molecule is CSc1ccc(NC(=O)O[C@H](c2ccc(O)c(F)c2)[C@@H](CC/C=C/C(=O)Nc2ccccc2N)Oc2ccccc2)cc1. The number of carbonyl (C=O) groups excluding carboxylic acids is 2.